The Morgan fingerprint density at radius 3 is 1.28 bits per heavy atom. The first-order valence-electron chi connectivity index (χ1n) is 19.2. The fraction of sp³-hybridized carbons (Fsp3) is 0.897. The first-order valence-corrected chi connectivity index (χ1v) is 19.2. The Morgan fingerprint density at radius 2 is 0.837 bits per heavy atom. The van der Waals surface area contributed by atoms with Gasteiger partial charge >= 0.3 is 11.9 Å². The van der Waals surface area contributed by atoms with E-state index < -0.39 is 5.97 Å². The molecule has 0 aliphatic heterocycles. The lowest BCUT2D eigenvalue weighted by Crippen LogP contribution is -2.18. The van der Waals surface area contributed by atoms with Gasteiger partial charge in [0.25, 0.3) is 0 Å². The largest absolute Gasteiger partial charge is 0.481 e. The summed E-state index contributed by atoms with van der Waals surface area (Å²) < 4.78 is 5.91. The zero-order valence-electron chi connectivity index (χ0n) is 29.0. The van der Waals surface area contributed by atoms with E-state index in [1.54, 1.807) is 0 Å². The molecule has 0 aromatic carbocycles. The minimum absolute atomic E-state index is 0.00440. The summed E-state index contributed by atoms with van der Waals surface area (Å²) >= 11 is 0. The maximum atomic E-state index is 12.5. The third kappa shape index (κ3) is 35.0. The molecule has 0 amide bonds. The SMILES string of the molecule is CCCCCCCC/C=C\CCCCCCCCCCCCCC(=O)OC(CCCCCC)CCCCCCCC(=O)O. The monoisotopic (exact) mass is 607 g/mol. The molecule has 0 aromatic rings. The van der Waals surface area contributed by atoms with E-state index in [0.717, 1.165) is 64.2 Å². The van der Waals surface area contributed by atoms with Gasteiger partial charge in [0, 0.05) is 12.8 Å². The number of esters is 1. The average molecular weight is 607 g/mol. The van der Waals surface area contributed by atoms with Crippen molar-refractivity contribution in [1.29, 1.82) is 0 Å². The van der Waals surface area contributed by atoms with Crippen LogP contribution in [0, 0.1) is 0 Å². The maximum absolute atomic E-state index is 12.5. The molecule has 1 atom stereocenters. The lowest BCUT2D eigenvalue weighted by molar-refractivity contribution is -0.150. The van der Waals surface area contributed by atoms with Crippen LogP contribution in [-0.2, 0) is 14.3 Å². The van der Waals surface area contributed by atoms with Crippen molar-refractivity contribution in [3.05, 3.63) is 12.2 Å². The maximum Gasteiger partial charge on any atom is 0.306 e. The topological polar surface area (TPSA) is 63.6 Å². The van der Waals surface area contributed by atoms with Crippen molar-refractivity contribution >= 4 is 11.9 Å². The Balaban J connectivity index is 3.65. The number of hydrogen-bond donors (Lipinski definition) is 1. The van der Waals surface area contributed by atoms with E-state index in [4.69, 9.17) is 9.84 Å². The average Bonchev–Trinajstić information content (AvgIpc) is 2.99. The molecule has 1 unspecified atom stereocenters. The number of unbranched alkanes of at least 4 members (excludes halogenated alkanes) is 24. The Hall–Kier alpha value is -1.32. The van der Waals surface area contributed by atoms with Gasteiger partial charge < -0.3 is 9.84 Å². The molecule has 0 saturated carbocycles. The molecular formula is C39H74O4. The van der Waals surface area contributed by atoms with Crippen molar-refractivity contribution in [2.75, 3.05) is 0 Å². The van der Waals surface area contributed by atoms with Crippen LogP contribution in [0.4, 0.5) is 0 Å². The van der Waals surface area contributed by atoms with Crippen LogP contribution in [-0.4, -0.2) is 23.1 Å². The van der Waals surface area contributed by atoms with E-state index >= 15 is 0 Å². The molecule has 0 saturated heterocycles. The zero-order chi connectivity index (χ0) is 31.5. The number of hydrogen-bond acceptors (Lipinski definition) is 3. The molecule has 0 aromatic heterocycles. The quantitative estimate of drug-likeness (QED) is 0.0443. The summed E-state index contributed by atoms with van der Waals surface area (Å²) in [5.74, 6) is -0.706. The molecular weight excluding hydrogens is 532 g/mol. The van der Waals surface area contributed by atoms with Gasteiger partial charge in [0.1, 0.15) is 6.10 Å². The highest BCUT2D eigenvalue weighted by Gasteiger charge is 2.14. The number of carboxylic acids is 1. The first kappa shape index (κ1) is 41.7. The summed E-state index contributed by atoms with van der Waals surface area (Å²) in [5.41, 5.74) is 0. The van der Waals surface area contributed by atoms with Gasteiger partial charge in [-0.3, -0.25) is 9.59 Å². The first-order chi connectivity index (χ1) is 21.1. The molecule has 4 heteroatoms. The third-order valence-electron chi connectivity index (χ3n) is 8.74. The Bertz CT molecular complexity index is 614. The molecule has 0 heterocycles. The molecule has 0 rings (SSSR count). The predicted octanol–water partition coefficient (Wildman–Crippen LogP) is 13.1. The summed E-state index contributed by atoms with van der Waals surface area (Å²) in [6.45, 7) is 4.50. The standard InChI is InChI=1S/C39H74O4/c1-3-5-7-9-10-11-12-13-14-15-16-17-18-19-20-21-22-23-24-28-32-36-39(42)43-37(33-29-8-6-4-2)34-30-26-25-27-31-35-38(40)41/h13-14,37H,3-12,15-36H2,1-2H3,(H,40,41)/b14-13-. The number of carbonyl (C=O) groups excluding carboxylic acids is 1. The molecule has 0 aliphatic rings. The lowest BCUT2D eigenvalue weighted by Gasteiger charge is -2.18. The van der Waals surface area contributed by atoms with Crippen molar-refractivity contribution in [3.8, 4) is 0 Å². The predicted molar refractivity (Wildman–Crippen MR) is 186 cm³/mol. The van der Waals surface area contributed by atoms with E-state index in [2.05, 4.69) is 26.0 Å². The fourth-order valence-electron chi connectivity index (χ4n) is 5.89. The minimum Gasteiger partial charge on any atom is -0.481 e. The van der Waals surface area contributed by atoms with Gasteiger partial charge in [0.05, 0.1) is 0 Å². The second-order valence-electron chi connectivity index (χ2n) is 13.1. The highest BCUT2D eigenvalue weighted by Crippen LogP contribution is 2.18. The summed E-state index contributed by atoms with van der Waals surface area (Å²) in [6, 6.07) is 0. The van der Waals surface area contributed by atoms with E-state index in [1.807, 2.05) is 0 Å². The Labute approximate surface area is 268 Å². The molecule has 4 nitrogen and oxygen atoms in total. The van der Waals surface area contributed by atoms with Crippen LogP contribution in [0.1, 0.15) is 219 Å². The Kier molecular flexibility index (Phi) is 34.1. The van der Waals surface area contributed by atoms with Crippen molar-refractivity contribution in [3.63, 3.8) is 0 Å². The summed E-state index contributed by atoms with van der Waals surface area (Å²) in [4.78, 5) is 23.1. The molecule has 1 N–H and O–H groups in total. The van der Waals surface area contributed by atoms with Crippen LogP contribution in [0.25, 0.3) is 0 Å². The highest BCUT2D eigenvalue weighted by atomic mass is 16.5. The van der Waals surface area contributed by atoms with Crippen molar-refractivity contribution in [2.45, 2.75) is 225 Å². The summed E-state index contributed by atoms with van der Waals surface area (Å²) in [6.07, 6.45) is 42.6. The summed E-state index contributed by atoms with van der Waals surface area (Å²) in [7, 11) is 0. The second-order valence-corrected chi connectivity index (χ2v) is 13.1. The number of carboxylic acid groups (broad SMARTS) is 1. The van der Waals surface area contributed by atoms with Crippen LogP contribution in [0.5, 0.6) is 0 Å². The molecule has 0 aliphatic carbocycles. The highest BCUT2D eigenvalue weighted by molar-refractivity contribution is 5.69. The summed E-state index contributed by atoms with van der Waals surface area (Å²) in [5, 5.41) is 8.75. The van der Waals surface area contributed by atoms with E-state index in [-0.39, 0.29) is 18.5 Å². The van der Waals surface area contributed by atoms with Crippen molar-refractivity contribution < 1.29 is 19.4 Å². The normalized spacial score (nSPS) is 12.2. The van der Waals surface area contributed by atoms with E-state index in [9.17, 15) is 9.59 Å². The van der Waals surface area contributed by atoms with Crippen LogP contribution < -0.4 is 0 Å². The number of allylic oxidation sites excluding steroid dienone is 2. The van der Waals surface area contributed by atoms with Gasteiger partial charge in [0.15, 0.2) is 0 Å². The van der Waals surface area contributed by atoms with E-state index in [0.29, 0.717) is 6.42 Å². The van der Waals surface area contributed by atoms with E-state index in [1.165, 1.54) is 128 Å². The number of aliphatic carboxylic acids is 1. The number of ether oxygens (including phenoxy) is 1. The second kappa shape index (κ2) is 35.2. The molecule has 0 radical (unpaired) electrons. The van der Waals surface area contributed by atoms with Gasteiger partial charge in [-0.1, -0.05) is 154 Å². The lowest BCUT2D eigenvalue weighted by atomic mass is 10.0. The third-order valence-corrected chi connectivity index (χ3v) is 8.74. The van der Waals surface area contributed by atoms with Crippen molar-refractivity contribution in [2.24, 2.45) is 0 Å². The Morgan fingerprint density at radius 1 is 0.488 bits per heavy atom. The van der Waals surface area contributed by atoms with Crippen LogP contribution in [0.2, 0.25) is 0 Å². The zero-order valence-corrected chi connectivity index (χ0v) is 29.0. The van der Waals surface area contributed by atoms with Gasteiger partial charge in [-0.05, 0) is 64.2 Å². The number of carbonyl (C=O) groups is 2. The van der Waals surface area contributed by atoms with Crippen molar-refractivity contribution in [1.82, 2.24) is 0 Å². The van der Waals surface area contributed by atoms with Crippen LogP contribution in [0.3, 0.4) is 0 Å². The van der Waals surface area contributed by atoms with Gasteiger partial charge in [0.2, 0.25) is 0 Å². The molecule has 0 spiro atoms. The number of rotatable bonds is 35. The van der Waals surface area contributed by atoms with Crippen LogP contribution >= 0.6 is 0 Å². The molecule has 43 heavy (non-hydrogen) atoms. The van der Waals surface area contributed by atoms with Gasteiger partial charge in [-0.2, -0.15) is 0 Å². The van der Waals surface area contributed by atoms with Gasteiger partial charge in [-0.25, -0.2) is 0 Å². The van der Waals surface area contributed by atoms with Crippen LogP contribution in [0.15, 0.2) is 12.2 Å². The molecule has 254 valence electrons. The molecule has 0 fully saturated rings. The smallest absolute Gasteiger partial charge is 0.306 e. The molecule has 0 bridgehead atoms. The van der Waals surface area contributed by atoms with Gasteiger partial charge in [-0.15, -0.1) is 0 Å². The minimum atomic E-state index is -0.701. The fourth-order valence-corrected chi connectivity index (χ4v) is 5.89.